The Hall–Kier alpha value is -2.36. The van der Waals surface area contributed by atoms with Gasteiger partial charge in [0.05, 0.1) is 5.56 Å². The van der Waals surface area contributed by atoms with E-state index < -0.39 is 0 Å². The molecule has 0 unspecified atom stereocenters. The fourth-order valence-corrected chi connectivity index (χ4v) is 1.98. The van der Waals surface area contributed by atoms with Crippen molar-refractivity contribution in [2.24, 2.45) is 0 Å². The van der Waals surface area contributed by atoms with Crippen LogP contribution in [0.3, 0.4) is 0 Å². The number of carbonyl (C=O) groups excluding carboxylic acids is 1. The Balaban J connectivity index is 2.01. The molecule has 0 radical (unpaired) electrons. The Morgan fingerprint density at radius 2 is 1.95 bits per heavy atom. The highest BCUT2D eigenvalue weighted by molar-refractivity contribution is 5.96. The minimum Gasteiger partial charge on any atom is -0.507 e. The number of phenols is 1. The van der Waals surface area contributed by atoms with Crippen molar-refractivity contribution in [3.63, 3.8) is 0 Å². The Labute approximate surface area is 118 Å². The number of nitrogens with zero attached hydrogens (tertiary/aromatic N) is 2. The SMILES string of the molecule is Cc1ccc(C(=O)N(C)CCc2ccncc2)c(O)c1. The lowest BCUT2D eigenvalue weighted by molar-refractivity contribution is 0.0793. The maximum absolute atomic E-state index is 12.3. The second kappa shape index (κ2) is 6.19. The van der Waals surface area contributed by atoms with Gasteiger partial charge in [0.15, 0.2) is 0 Å². The molecular weight excluding hydrogens is 252 g/mol. The van der Waals surface area contributed by atoms with Gasteiger partial charge in [0.2, 0.25) is 0 Å². The molecule has 1 amide bonds. The highest BCUT2D eigenvalue weighted by Gasteiger charge is 2.15. The molecule has 0 atom stereocenters. The predicted octanol–water partition coefficient (Wildman–Crippen LogP) is 2.41. The van der Waals surface area contributed by atoms with Gasteiger partial charge in [-0.2, -0.15) is 0 Å². The third-order valence-electron chi connectivity index (χ3n) is 3.22. The summed E-state index contributed by atoms with van der Waals surface area (Å²) < 4.78 is 0. The van der Waals surface area contributed by atoms with Crippen LogP contribution in [0, 0.1) is 6.92 Å². The van der Waals surface area contributed by atoms with Crippen LogP contribution >= 0.6 is 0 Å². The lowest BCUT2D eigenvalue weighted by Crippen LogP contribution is -2.28. The first-order chi connectivity index (χ1) is 9.58. The number of aromatic hydroxyl groups is 1. The number of aryl methyl sites for hydroxylation is 1. The zero-order valence-corrected chi connectivity index (χ0v) is 11.7. The van der Waals surface area contributed by atoms with E-state index in [1.807, 2.05) is 25.1 Å². The van der Waals surface area contributed by atoms with E-state index in [-0.39, 0.29) is 11.7 Å². The smallest absolute Gasteiger partial charge is 0.257 e. The number of likely N-dealkylation sites (N-methyl/N-ethyl adjacent to an activating group) is 1. The van der Waals surface area contributed by atoms with Gasteiger partial charge in [-0.25, -0.2) is 0 Å². The van der Waals surface area contributed by atoms with Crippen LogP contribution in [-0.4, -0.2) is 34.5 Å². The Morgan fingerprint density at radius 1 is 1.25 bits per heavy atom. The molecule has 0 aliphatic carbocycles. The minimum atomic E-state index is -0.170. The molecule has 0 aliphatic heterocycles. The molecule has 1 aromatic carbocycles. The normalized spacial score (nSPS) is 10.3. The largest absolute Gasteiger partial charge is 0.507 e. The monoisotopic (exact) mass is 270 g/mol. The fraction of sp³-hybridized carbons (Fsp3) is 0.250. The Bertz CT molecular complexity index is 597. The highest BCUT2D eigenvalue weighted by Crippen LogP contribution is 2.19. The number of rotatable bonds is 4. The molecule has 4 heteroatoms. The lowest BCUT2D eigenvalue weighted by atomic mass is 10.1. The summed E-state index contributed by atoms with van der Waals surface area (Å²) >= 11 is 0. The lowest BCUT2D eigenvalue weighted by Gasteiger charge is -2.18. The van der Waals surface area contributed by atoms with Crippen LogP contribution in [0.1, 0.15) is 21.5 Å². The number of pyridine rings is 1. The number of carbonyl (C=O) groups is 1. The molecule has 2 rings (SSSR count). The van der Waals surface area contributed by atoms with Crippen molar-refractivity contribution in [1.29, 1.82) is 0 Å². The highest BCUT2D eigenvalue weighted by atomic mass is 16.3. The van der Waals surface area contributed by atoms with E-state index in [1.54, 1.807) is 36.5 Å². The van der Waals surface area contributed by atoms with E-state index in [0.29, 0.717) is 12.1 Å². The zero-order valence-electron chi connectivity index (χ0n) is 11.7. The summed E-state index contributed by atoms with van der Waals surface area (Å²) in [6.45, 7) is 2.47. The van der Waals surface area contributed by atoms with Crippen molar-refractivity contribution < 1.29 is 9.90 Å². The standard InChI is InChI=1S/C16H18N2O2/c1-12-3-4-14(15(19)11-12)16(20)18(2)10-7-13-5-8-17-9-6-13/h3-6,8-9,11,19H,7,10H2,1-2H3. The van der Waals surface area contributed by atoms with Gasteiger partial charge in [0, 0.05) is 26.0 Å². The van der Waals surface area contributed by atoms with E-state index in [0.717, 1.165) is 17.5 Å². The molecule has 2 aromatic rings. The third-order valence-corrected chi connectivity index (χ3v) is 3.22. The first-order valence-corrected chi connectivity index (χ1v) is 6.52. The van der Waals surface area contributed by atoms with Crippen LogP contribution in [0.15, 0.2) is 42.7 Å². The number of hydrogen-bond donors (Lipinski definition) is 1. The molecule has 0 fully saturated rings. The summed E-state index contributed by atoms with van der Waals surface area (Å²) in [5.41, 5.74) is 2.40. The van der Waals surface area contributed by atoms with E-state index in [4.69, 9.17) is 0 Å². The summed E-state index contributed by atoms with van der Waals surface area (Å²) in [4.78, 5) is 17.8. The van der Waals surface area contributed by atoms with Gasteiger partial charge in [-0.1, -0.05) is 6.07 Å². The predicted molar refractivity (Wildman–Crippen MR) is 77.7 cm³/mol. The third kappa shape index (κ3) is 3.35. The van der Waals surface area contributed by atoms with Crippen molar-refractivity contribution in [2.75, 3.05) is 13.6 Å². The fourth-order valence-electron chi connectivity index (χ4n) is 1.98. The van der Waals surface area contributed by atoms with Gasteiger partial charge in [0.25, 0.3) is 5.91 Å². The summed E-state index contributed by atoms with van der Waals surface area (Å²) in [6.07, 6.45) is 4.24. The van der Waals surface area contributed by atoms with Gasteiger partial charge in [-0.3, -0.25) is 9.78 Å². The molecule has 1 N–H and O–H groups in total. The number of benzene rings is 1. The number of hydrogen-bond acceptors (Lipinski definition) is 3. The quantitative estimate of drug-likeness (QED) is 0.928. The van der Waals surface area contributed by atoms with Crippen molar-refractivity contribution in [1.82, 2.24) is 9.88 Å². The van der Waals surface area contributed by atoms with Crippen molar-refractivity contribution in [3.05, 3.63) is 59.4 Å². The molecule has 0 bridgehead atoms. The van der Waals surface area contributed by atoms with E-state index in [1.165, 1.54) is 0 Å². The van der Waals surface area contributed by atoms with Crippen LogP contribution in [0.5, 0.6) is 5.75 Å². The molecule has 104 valence electrons. The molecule has 1 heterocycles. The zero-order chi connectivity index (χ0) is 14.5. The Morgan fingerprint density at radius 3 is 2.60 bits per heavy atom. The average Bonchev–Trinajstić information content (AvgIpc) is 2.45. The topological polar surface area (TPSA) is 53.4 Å². The summed E-state index contributed by atoms with van der Waals surface area (Å²) in [7, 11) is 1.74. The van der Waals surface area contributed by atoms with Crippen molar-refractivity contribution in [3.8, 4) is 5.75 Å². The van der Waals surface area contributed by atoms with E-state index >= 15 is 0 Å². The molecule has 20 heavy (non-hydrogen) atoms. The van der Waals surface area contributed by atoms with Gasteiger partial charge < -0.3 is 10.0 Å². The number of aromatic nitrogens is 1. The van der Waals surface area contributed by atoms with Crippen LogP contribution in [0.4, 0.5) is 0 Å². The van der Waals surface area contributed by atoms with E-state index in [9.17, 15) is 9.90 Å². The van der Waals surface area contributed by atoms with Gasteiger partial charge in [-0.15, -0.1) is 0 Å². The second-order valence-electron chi connectivity index (χ2n) is 4.85. The first-order valence-electron chi connectivity index (χ1n) is 6.52. The average molecular weight is 270 g/mol. The number of amides is 1. The van der Waals surface area contributed by atoms with Gasteiger partial charge >= 0.3 is 0 Å². The van der Waals surface area contributed by atoms with Crippen LogP contribution in [0.25, 0.3) is 0 Å². The molecule has 0 aliphatic rings. The molecule has 0 spiro atoms. The molecular formula is C16H18N2O2. The van der Waals surface area contributed by atoms with Crippen molar-refractivity contribution >= 4 is 5.91 Å². The summed E-state index contributed by atoms with van der Waals surface area (Å²) in [5, 5.41) is 9.84. The Kier molecular flexibility index (Phi) is 4.35. The molecule has 4 nitrogen and oxygen atoms in total. The number of phenolic OH excluding ortho intramolecular Hbond substituents is 1. The minimum absolute atomic E-state index is 0.0331. The first kappa shape index (κ1) is 14.1. The molecule has 1 aromatic heterocycles. The van der Waals surface area contributed by atoms with Gasteiger partial charge in [-0.05, 0) is 48.7 Å². The maximum atomic E-state index is 12.3. The van der Waals surface area contributed by atoms with Crippen molar-refractivity contribution in [2.45, 2.75) is 13.3 Å². The van der Waals surface area contributed by atoms with Crippen LogP contribution in [0.2, 0.25) is 0 Å². The summed E-state index contributed by atoms with van der Waals surface area (Å²) in [6, 6.07) is 8.95. The van der Waals surface area contributed by atoms with Gasteiger partial charge in [0.1, 0.15) is 5.75 Å². The molecule has 0 saturated carbocycles. The molecule has 0 saturated heterocycles. The van der Waals surface area contributed by atoms with E-state index in [2.05, 4.69) is 4.98 Å². The van der Waals surface area contributed by atoms with Crippen LogP contribution < -0.4 is 0 Å². The second-order valence-corrected chi connectivity index (χ2v) is 4.85. The maximum Gasteiger partial charge on any atom is 0.257 e. The summed E-state index contributed by atoms with van der Waals surface area (Å²) in [5.74, 6) is -0.137. The van der Waals surface area contributed by atoms with Crippen LogP contribution in [-0.2, 0) is 6.42 Å².